The van der Waals surface area contributed by atoms with Crippen LogP contribution in [0.2, 0.25) is 0 Å². The molecule has 1 saturated heterocycles. The summed E-state index contributed by atoms with van der Waals surface area (Å²) in [4.78, 5) is 10.2. The summed E-state index contributed by atoms with van der Waals surface area (Å²) in [6.07, 6.45) is 0.820. The number of nitrogens with zero attached hydrogens (tertiary/aromatic N) is 2. The Morgan fingerprint density at radius 1 is 1.09 bits per heavy atom. The van der Waals surface area contributed by atoms with E-state index in [4.69, 9.17) is 4.74 Å². The smallest absolute Gasteiger partial charge is 0.215 e. The van der Waals surface area contributed by atoms with E-state index in [-0.39, 0.29) is 23.9 Å². The van der Waals surface area contributed by atoms with Crippen LogP contribution in [0.25, 0.3) is 21.8 Å². The molecule has 2 aromatic heterocycles. The molecule has 3 heterocycles. The number of pyridine rings is 1. The zero-order valence-electron chi connectivity index (χ0n) is 19.1. The highest BCUT2D eigenvalue weighted by atomic mass is 35.5. The summed E-state index contributed by atoms with van der Waals surface area (Å²) in [6, 6.07) is 18.4. The van der Waals surface area contributed by atoms with E-state index in [9.17, 15) is 8.42 Å². The van der Waals surface area contributed by atoms with Gasteiger partial charge in [-0.3, -0.25) is 0 Å². The first-order valence-corrected chi connectivity index (χ1v) is 13.1. The first-order valence-electron chi connectivity index (χ1n) is 11.3. The summed E-state index contributed by atoms with van der Waals surface area (Å²) < 4.78 is 29.2. The Balaban J connectivity index is 0.00000274. The van der Waals surface area contributed by atoms with Crippen molar-refractivity contribution in [3.8, 4) is 5.88 Å². The summed E-state index contributed by atoms with van der Waals surface area (Å²) in [5.74, 6) is 1.09. The molecule has 4 aromatic rings. The lowest BCUT2D eigenvalue weighted by Crippen LogP contribution is -2.40. The molecular formula is C25H29ClN4O3S. The zero-order chi connectivity index (χ0) is 22.8. The van der Waals surface area contributed by atoms with Gasteiger partial charge in [0.05, 0.1) is 29.3 Å². The number of aromatic nitrogens is 2. The number of benzene rings is 2. The minimum atomic E-state index is -2.84. The number of H-pyrrole nitrogens is 1. The first kappa shape index (κ1) is 24.3. The Kier molecular flexibility index (Phi) is 7.30. The molecule has 7 nitrogen and oxygen atoms in total. The van der Waals surface area contributed by atoms with E-state index >= 15 is 0 Å². The maximum atomic E-state index is 11.6. The monoisotopic (exact) mass is 500 g/mol. The number of aryl methyl sites for hydroxylation is 1. The SMILES string of the molecule is Cc1cc2cc(Nc3cc(OCCCN4CCS(=O)(=O)CC4)nc4ccccc34)ccc2[nH]1.Cl. The molecule has 9 heteroatoms. The highest BCUT2D eigenvalue weighted by Gasteiger charge is 2.20. The van der Waals surface area contributed by atoms with Crippen LogP contribution in [0.4, 0.5) is 11.4 Å². The van der Waals surface area contributed by atoms with E-state index in [1.807, 2.05) is 24.3 Å². The largest absolute Gasteiger partial charge is 0.478 e. The molecular weight excluding hydrogens is 472 g/mol. The molecule has 2 aromatic carbocycles. The fraction of sp³-hybridized carbons (Fsp3) is 0.320. The molecule has 0 atom stereocenters. The predicted molar refractivity (Wildman–Crippen MR) is 141 cm³/mol. The van der Waals surface area contributed by atoms with Crippen LogP contribution in [-0.2, 0) is 9.84 Å². The number of sulfone groups is 1. The molecule has 1 fully saturated rings. The molecule has 1 aliphatic heterocycles. The third kappa shape index (κ3) is 5.63. The van der Waals surface area contributed by atoms with Crippen LogP contribution in [0.15, 0.2) is 54.6 Å². The molecule has 0 aliphatic carbocycles. The van der Waals surface area contributed by atoms with Gasteiger partial charge in [-0.2, -0.15) is 0 Å². The number of rotatable bonds is 7. The van der Waals surface area contributed by atoms with Crippen molar-refractivity contribution in [1.29, 1.82) is 0 Å². The molecule has 0 bridgehead atoms. The number of fused-ring (bicyclic) bond motifs is 2. The number of anilines is 2. The number of aromatic amines is 1. The quantitative estimate of drug-likeness (QED) is 0.358. The third-order valence-corrected chi connectivity index (χ3v) is 7.64. The van der Waals surface area contributed by atoms with Crippen molar-refractivity contribution in [3.63, 3.8) is 0 Å². The van der Waals surface area contributed by atoms with Crippen LogP contribution in [0.3, 0.4) is 0 Å². The summed E-state index contributed by atoms with van der Waals surface area (Å²) in [5.41, 5.74) is 5.08. The van der Waals surface area contributed by atoms with Gasteiger partial charge in [-0.05, 0) is 43.7 Å². The van der Waals surface area contributed by atoms with E-state index in [0.717, 1.165) is 51.8 Å². The summed E-state index contributed by atoms with van der Waals surface area (Å²) in [7, 11) is -2.84. The predicted octanol–water partition coefficient (Wildman–Crippen LogP) is 4.69. The fourth-order valence-corrected chi connectivity index (χ4v) is 5.56. The Morgan fingerprint density at radius 3 is 2.71 bits per heavy atom. The van der Waals surface area contributed by atoms with Crippen molar-refractivity contribution in [3.05, 3.63) is 60.3 Å². The number of hydrogen-bond acceptors (Lipinski definition) is 6. The molecule has 0 unspecified atom stereocenters. The minimum Gasteiger partial charge on any atom is -0.478 e. The van der Waals surface area contributed by atoms with Crippen LogP contribution >= 0.6 is 12.4 Å². The van der Waals surface area contributed by atoms with Gasteiger partial charge in [0.2, 0.25) is 5.88 Å². The number of nitrogens with one attached hydrogen (secondary N) is 2. The van der Waals surface area contributed by atoms with Crippen molar-refractivity contribution in [2.24, 2.45) is 0 Å². The lowest BCUT2D eigenvalue weighted by Gasteiger charge is -2.26. The van der Waals surface area contributed by atoms with Gasteiger partial charge in [-0.15, -0.1) is 12.4 Å². The van der Waals surface area contributed by atoms with Crippen molar-refractivity contribution in [2.75, 3.05) is 43.1 Å². The number of para-hydroxylation sites is 1. The fourth-order valence-electron chi connectivity index (χ4n) is 4.28. The Labute approximate surface area is 205 Å². The average molecular weight is 501 g/mol. The number of halogens is 1. The third-order valence-electron chi connectivity index (χ3n) is 6.03. The van der Waals surface area contributed by atoms with Crippen LogP contribution in [0, 0.1) is 6.92 Å². The Morgan fingerprint density at radius 2 is 1.88 bits per heavy atom. The summed E-state index contributed by atoms with van der Waals surface area (Å²) in [5, 5.41) is 5.74. The van der Waals surface area contributed by atoms with Crippen molar-refractivity contribution < 1.29 is 13.2 Å². The molecule has 0 amide bonds. The highest BCUT2D eigenvalue weighted by Crippen LogP contribution is 2.30. The molecule has 5 rings (SSSR count). The van der Waals surface area contributed by atoms with Gasteiger partial charge < -0.3 is 19.9 Å². The standard InChI is InChI=1S/C25H28N4O3S.ClH/c1-18-15-19-16-20(7-8-22(19)26-18)27-24-17-25(28-23-6-3-2-5-21(23)24)32-12-4-9-29-10-13-33(30,31)14-11-29;/h2-3,5-8,15-17,26H,4,9-14H2,1H3,(H,27,28);1H. The minimum absolute atomic E-state index is 0. The van der Waals surface area contributed by atoms with Crippen molar-refractivity contribution >= 4 is 55.4 Å². The number of ether oxygens (including phenoxy) is 1. The zero-order valence-corrected chi connectivity index (χ0v) is 20.7. The maximum absolute atomic E-state index is 11.6. The second-order valence-electron chi connectivity index (χ2n) is 8.60. The molecule has 1 aliphatic rings. The Bertz CT molecular complexity index is 1390. The molecule has 2 N–H and O–H groups in total. The maximum Gasteiger partial charge on any atom is 0.215 e. The normalized spacial score (nSPS) is 15.8. The van der Waals surface area contributed by atoms with Crippen LogP contribution in [0.5, 0.6) is 5.88 Å². The first-order chi connectivity index (χ1) is 15.9. The Hall–Kier alpha value is -2.81. The van der Waals surface area contributed by atoms with Gasteiger partial charge in [-0.1, -0.05) is 18.2 Å². The summed E-state index contributed by atoms with van der Waals surface area (Å²) >= 11 is 0. The number of hydrogen-bond donors (Lipinski definition) is 2. The van der Waals surface area contributed by atoms with Crippen molar-refractivity contribution in [1.82, 2.24) is 14.9 Å². The van der Waals surface area contributed by atoms with Crippen LogP contribution in [-0.4, -0.2) is 61.0 Å². The lowest BCUT2D eigenvalue weighted by molar-refractivity contribution is 0.242. The van der Waals surface area contributed by atoms with Gasteiger partial charge in [0.1, 0.15) is 0 Å². The van der Waals surface area contributed by atoms with Gasteiger partial charge in [0.25, 0.3) is 0 Å². The van der Waals surface area contributed by atoms with Gasteiger partial charge in [0.15, 0.2) is 9.84 Å². The highest BCUT2D eigenvalue weighted by molar-refractivity contribution is 7.91. The molecule has 34 heavy (non-hydrogen) atoms. The van der Waals surface area contributed by atoms with E-state index in [1.165, 1.54) is 0 Å². The van der Waals surface area contributed by atoms with Gasteiger partial charge >= 0.3 is 0 Å². The topological polar surface area (TPSA) is 87.3 Å². The molecule has 180 valence electrons. The molecule has 0 saturated carbocycles. The van der Waals surface area contributed by atoms with Gasteiger partial charge in [-0.25, -0.2) is 13.4 Å². The van der Waals surface area contributed by atoms with E-state index in [2.05, 4.69) is 57.4 Å². The average Bonchev–Trinajstić information content (AvgIpc) is 3.17. The van der Waals surface area contributed by atoms with E-state index in [0.29, 0.717) is 25.6 Å². The van der Waals surface area contributed by atoms with E-state index in [1.54, 1.807) is 0 Å². The van der Waals surface area contributed by atoms with Crippen molar-refractivity contribution in [2.45, 2.75) is 13.3 Å². The summed E-state index contributed by atoms with van der Waals surface area (Å²) in [6.45, 7) is 4.62. The molecule has 0 radical (unpaired) electrons. The molecule has 0 spiro atoms. The van der Waals surface area contributed by atoms with E-state index < -0.39 is 9.84 Å². The van der Waals surface area contributed by atoms with Crippen LogP contribution < -0.4 is 10.1 Å². The lowest BCUT2D eigenvalue weighted by atomic mass is 10.1. The second-order valence-corrected chi connectivity index (χ2v) is 10.9. The van der Waals surface area contributed by atoms with Gasteiger partial charge in [0, 0.05) is 53.4 Å². The second kappa shape index (κ2) is 10.2. The van der Waals surface area contributed by atoms with Crippen LogP contribution in [0.1, 0.15) is 12.1 Å².